The molecule has 0 aliphatic carbocycles. The first-order valence-corrected chi connectivity index (χ1v) is 13.5. The van der Waals surface area contributed by atoms with Crippen molar-refractivity contribution in [3.8, 4) is 0 Å². The zero-order valence-corrected chi connectivity index (χ0v) is 22.7. The Kier molecular flexibility index (Phi) is 9.83. The van der Waals surface area contributed by atoms with Crippen LogP contribution in [0.1, 0.15) is 108 Å². The highest BCUT2D eigenvalue weighted by Crippen LogP contribution is 2.33. The Morgan fingerprint density at radius 2 is 1.51 bits per heavy atom. The number of anilines is 1. The number of fused-ring (bicyclic) bond motifs is 1. The number of nitrogens with one attached hydrogen (secondary N) is 2. The summed E-state index contributed by atoms with van der Waals surface area (Å²) in [6.07, 6.45) is 9.61. The molecule has 4 heteroatoms. The number of benzene rings is 2. The lowest BCUT2D eigenvalue weighted by atomic mass is 9.92. The van der Waals surface area contributed by atoms with Crippen molar-refractivity contribution in [2.45, 2.75) is 90.9 Å². The van der Waals surface area contributed by atoms with Crippen LogP contribution in [-0.2, 0) is 7.05 Å². The van der Waals surface area contributed by atoms with Crippen molar-refractivity contribution in [1.29, 1.82) is 0 Å². The van der Waals surface area contributed by atoms with E-state index in [1.54, 1.807) is 0 Å². The van der Waals surface area contributed by atoms with E-state index in [-0.39, 0.29) is 6.03 Å². The van der Waals surface area contributed by atoms with Gasteiger partial charge >= 0.3 is 6.03 Å². The van der Waals surface area contributed by atoms with Gasteiger partial charge in [-0.1, -0.05) is 103 Å². The number of hydrogen-bond acceptors (Lipinski definition) is 1. The second-order valence-electron chi connectivity index (χ2n) is 10.6. The molecule has 0 fully saturated rings. The highest BCUT2D eigenvalue weighted by Gasteiger charge is 2.20. The molecule has 1 heterocycles. The van der Waals surface area contributed by atoms with Crippen molar-refractivity contribution in [2.24, 2.45) is 7.05 Å². The van der Waals surface area contributed by atoms with Crippen LogP contribution in [-0.4, -0.2) is 17.1 Å². The monoisotopic (exact) mass is 475 g/mol. The van der Waals surface area contributed by atoms with Gasteiger partial charge in [0.1, 0.15) is 0 Å². The second kappa shape index (κ2) is 12.8. The number of carbonyl (C=O) groups excluding carboxylic acids is 1. The fraction of sp³-hybridized carbons (Fsp3) is 0.516. The quantitative estimate of drug-likeness (QED) is 0.253. The normalized spacial score (nSPS) is 12.5. The number of aromatic nitrogens is 1. The zero-order chi connectivity index (χ0) is 25.4. The van der Waals surface area contributed by atoms with Gasteiger partial charge in [0.25, 0.3) is 0 Å². The predicted molar refractivity (Wildman–Crippen MR) is 151 cm³/mol. The number of carbonyl (C=O) groups is 1. The van der Waals surface area contributed by atoms with Crippen LogP contribution in [0.5, 0.6) is 0 Å². The standard InChI is InChI=1S/C31H45N3O/c1-7-8-9-10-11-15-24(28-21-34(6)29-19-13-12-16-27(28)29)20-32-31(35)33-30-25(22(2)3)17-14-18-26(30)23(4)5/h12-14,16-19,21-24H,7-11,15,20H2,1-6H3,(H2,32,33,35). The van der Waals surface area contributed by atoms with Gasteiger partial charge in [-0.15, -0.1) is 0 Å². The Balaban J connectivity index is 1.77. The van der Waals surface area contributed by atoms with Crippen molar-refractivity contribution >= 4 is 22.6 Å². The SMILES string of the molecule is CCCCCCCC(CNC(=O)Nc1c(C(C)C)cccc1C(C)C)c1cn(C)c2ccccc12. The Hall–Kier alpha value is -2.75. The summed E-state index contributed by atoms with van der Waals surface area (Å²) in [6, 6.07) is 14.8. The Bertz CT molecular complexity index is 1070. The van der Waals surface area contributed by atoms with Crippen LogP contribution >= 0.6 is 0 Å². The fourth-order valence-corrected chi connectivity index (χ4v) is 5.13. The van der Waals surface area contributed by atoms with Crippen LogP contribution in [0.2, 0.25) is 0 Å². The van der Waals surface area contributed by atoms with Gasteiger partial charge in [0.2, 0.25) is 0 Å². The van der Waals surface area contributed by atoms with Crippen LogP contribution in [0.15, 0.2) is 48.7 Å². The summed E-state index contributed by atoms with van der Waals surface area (Å²) in [6.45, 7) is 11.6. The van der Waals surface area contributed by atoms with Crippen molar-refractivity contribution in [1.82, 2.24) is 9.88 Å². The highest BCUT2D eigenvalue weighted by atomic mass is 16.2. The smallest absolute Gasteiger partial charge is 0.319 e. The zero-order valence-electron chi connectivity index (χ0n) is 22.7. The predicted octanol–water partition coefficient (Wildman–Crippen LogP) is 8.69. The molecule has 0 saturated heterocycles. The van der Waals surface area contributed by atoms with E-state index < -0.39 is 0 Å². The lowest BCUT2D eigenvalue weighted by Crippen LogP contribution is -2.33. The molecule has 2 amide bonds. The number of aryl methyl sites for hydroxylation is 1. The second-order valence-corrected chi connectivity index (χ2v) is 10.6. The molecule has 0 aliphatic rings. The molecule has 2 N–H and O–H groups in total. The Morgan fingerprint density at radius 3 is 2.17 bits per heavy atom. The van der Waals surface area contributed by atoms with E-state index in [2.05, 4.69) is 106 Å². The third-order valence-corrected chi connectivity index (χ3v) is 7.14. The van der Waals surface area contributed by atoms with E-state index in [9.17, 15) is 4.79 Å². The number of hydrogen-bond donors (Lipinski definition) is 2. The lowest BCUT2D eigenvalue weighted by Gasteiger charge is -2.22. The average Bonchev–Trinajstić information content (AvgIpc) is 3.17. The molecule has 35 heavy (non-hydrogen) atoms. The molecule has 1 atom stereocenters. The first kappa shape index (κ1) is 26.8. The van der Waals surface area contributed by atoms with Gasteiger partial charge in [-0.25, -0.2) is 4.79 Å². The van der Waals surface area contributed by atoms with Crippen molar-refractivity contribution in [3.05, 3.63) is 65.4 Å². The summed E-state index contributed by atoms with van der Waals surface area (Å²) in [5.41, 5.74) is 5.93. The summed E-state index contributed by atoms with van der Waals surface area (Å²) in [4.78, 5) is 13.2. The molecule has 3 aromatic rings. The van der Waals surface area contributed by atoms with Crippen LogP contribution in [0.4, 0.5) is 10.5 Å². The van der Waals surface area contributed by atoms with Gasteiger partial charge in [0.05, 0.1) is 0 Å². The third kappa shape index (κ3) is 6.90. The van der Waals surface area contributed by atoms with Crippen molar-refractivity contribution in [3.63, 3.8) is 0 Å². The molecule has 0 saturated carbocycles. The molecule has 1 unspecified atom stereocenters. The van der Waals surface area contributed by atoms with E-state index in [1.165, 1.54) is 59.7 Å². The number of para-hydroxylation sites is 2. The van der Waals surface area contributed by atoms with Gasteiger partial charge < -0.3 is 15.2 Å². The third-order valence-electron chi connectivity index (χ3n) is 7.14. The van der Waals surface area contributed by atoms with E-state index in [0.717, 1.165) is 12.1 Å². The topological polar surface area (TPSA) is 46.1 Å². The maximum atomic E-state index is 13.2. The summed E-state index contributed by atoms with van der Waals surface area (Å²) in [5, 5.41) is 7.74. The molecule has 4 nitrogen and oxygen atoms in total. The molecule has 0 radical (unpaired) electrons. The number of unbranched alkanes of at least 4 members (excludes halogenated alkanes) is 4. The first-order chi connectivity index (χ1) is 16.8. The maximum absolute atomic E-state index is 13.2. The number of urea groups is 1. The summed E-state index contributed by atoms with van der Waals surface area (Å²) >= 11 is 0. The minimum absolute atomic E-state index is 0.115. The van der Waals surface area contributed by atoms with Crippen LogP contribution in [0.25, 0.3) is 10.9 Å². The Morgan fingerprint density at radius 1 is 0.857 bits per heavy atom. The van der Waals surface area contributed by atoms with E-state index >= 15 is 0 Å². The average molecular weight is 476 g/mol. The van der Waals surface area contributed by atoms with Crippen LogP contribution in [0, 0.1) is 0 Å². The summed E-state index contributed by atoms with van der Waals surface area (Å²) in [5.74, 6) is 0.976. The molecule has 0 aliphatic heterocycles. The maximum Gasteiger partial charge on any atom is 0.319 e. The number of amides is 2. The van der Waals surface area contributed by atoms with Crippen LogP contribution in [0.3, 0.4) is 0 Å². The molecule has 0 bridgehead atoms. The van der Waals surface area contributed by atoms with E-state index in [4.69, 9.17) is 0 Å². The first-order valence-electron chi connectivity index (χ1n) is 13.5. The van der Waals surface area contributed by atoms with Gasteiger partial charge in [-0.3, -0.25) is 0 Å². The molecule has 2 aromatic carbocycles. The number of rotatable bonds is 12. The van der Waals surface area contributed by atoms with Gasteiger partial charge in [0.15, 0.2) is 0 Å². The van der Waals surface area contributed by atoms with Gasteiger partial charge in [-0.05, 0) is 41.0 Å². The molecular formula is C31H45N3O. The van der Waals surface area contributed by atoms with Crippen molar-refractivity contribution < 1.29 is 4.79 Å². The van der Waals surface area contributed by atoms with Crippen LogP contribution < -0.4 is 10.6 Å². The van der Waals surface area contributed by atoms with Crippen molar-refractivity contribution in [2.75, 3.05) is 11.9 Å². The minimum Gasteiger partial charge on any atom is -0.350 e. The lowest BCUT2D eigenvalue weighted by molar-refractivity contribution is 0.251. The van der Waals surface area contributed by atoms with E-state index in [0.29, 0.717) is 24.3 Å². The highest BCUT2D eigenvalue weighted by molar-refractivity contribution is 5.91. The molecule has 1 aromatic heterocycles. The molecule has 190 valence electrons. The molecule has 0 spiro atoms. The van der Waals surface area contributed by atoms with Gasteiger partial charge in [-0.2, -0.15) is 0 Å². The molecule has 3 rings (SSSR count). The molecular weight excluding hydrogens is 430 g/mol. The largest absolute Gasteiger partial charge is 0.350 e. The Labute approximate surface area is 212 Å². The minimum atomic E-state index is -0.115. The fourth-order valence-electron chi connectivity index (χ4n) is 5.13. The van der Waals surface area contributed by atoms with E-state index in [1.807, 2.05) is 0 Å². The summed E-state index contributed by atoms with van der Waals surface area (Å²) in [7, 11) is 2.11. The summed E-state index contributed by atoms with van der Waals surface area (Å²) < 4.78 is 2.21. The number of nitrogens with zero attached hydrogens (tertiary/aromatic N) is 1. The van der Waals surface area contributed by atoms with Gasteiger partial charge in [0, 0.05) is 42.3 Å².